The molecule has 3 nitrogen and oxygen atoms in total. The van der Waals surface area contributed by atoms with E-state index in [0.717, 1.165) is 32.0 Å². The third-order valence-electron chi connectivity index (χ3n) is 3.34. The maximum atomic E-state index is 12.7. The Morgan fingerprint density at radius 1 is 1.29 bits per heavy atom. The van der Waals surface area contributed by atoms with Crippen molar-refractivity contribution in [3.8, 4) is 5.88 Å². The van der Waals surface area contributed by atoms with Crippen LogP contribution in [0.15, 0.2) is 12.1 Å². The first-order valence-corrected chi connectivity index (χ1v) is 6.32. The van der Waals surface area contributed by atoms with E-state index in [1.807, 2.05) is 0 Å². The highest BCUT2D eigenvalue weighted by molar-refractivity contribution is 7.59. The van der Waals surface area contributed by atoms with Gasteiger partial charge in [-0.15, -0.1) is 0 Å². The van der Waals surface area contributed by atoms with Gasteiger partial charge in [0.05, 0.1) is 7.11 Å². The van der Waals surface area contributed by atoms with Gasteiger partial charge in [-0.1, -0.05) is 7.43 Å². The molecule has 1 saturated heterocycles. The molecule has 1 aromatic heterocycles. The summed E-state index contributed by atoms with van der Waals surface area (Å²) in [6, 6.07) is 2.72. The van der Waals surface area contributed by atoms with E-state index < -0.39 is 11.9 Å². The number of halogens is 3. The van der Waals surface area contributed by atoms with E-state index in [4.69, 9.17) is 4.74 Å². The van der Waals surface area contributed by atoms with E-state index in [1.54, 1.807) is 6.07 Å². The molecule has 0 radical (unpaired) electrons. The first kappa shape index (κ1) is 20.1. The predicted molar refractivity (Wildman–Crippen MR) is 82.2 cm³/mol. The second-order valence-corrected chi connectivity index (χ2v) is 4.80. The normalized spacial score (nSPS) is 15.8. The van der Waals surface area contributed by atoms with E-state index in [0.29, 0.717) is 17.9 Å². The van der Waals surface area contributed by atoms with Crippen LogP contribution in [0.25, 0.3) is 0 Å². The van der Waals surface area contributed by atoms with Crippen molar-refractivity contribution in [2.45, 2.75) is 32.9 Å². The summed E-state index contributed by atoms with van der Waals surface area (Å²) in [5.74, 6) is 0.452. The van der Waals surface area contributed by atoms with E-state index in [2.05, 4.69) is 10.3 Å². The van der Waals surface area contributed by atoms with Crippen molar-refractivity contribution in [3.63, 3.8) is 0 Å². The molecule has 21 heavy (non-hydrogen) atoms. The molecular formula is C14H23F3N2OS. The molecular weight excluding hydrogens is 301 g/mol. The zero-order chi connectivity index (χ0) is 13.9. The number of methoxy groups -OCH3 is 1. The number of pyridine rings is 1. The van der Waals surface area contributed by atoms with Gasteiger partial charge in [0, 0.05) is 6.07 Å². The van der Waals surface area contributed by atoms with E-state index in [1.165, 1.54) is 7.11 Å². The zero-order valence-corrected chi connectivity index (χ0v) is 12.3. The van der Waals surface area contributed by atoms with Gasteiger partial charge in [0.1, 0.15) is 5.69 Å². The molecule has 0 amide bonds. The third-order valence-corrected chi connectivity index (χ3v) is 3.34. The van der Waals surface area contributed by atoms with Gasteiger partial charge < -0.3 is 10.1 Å². The number of aromatic nitrogens is 1. The lowest BCUT2D eigenvalue weighted by molar-refractivity contribution is -0.141. The topological polar surface area (TPSA) is 34.1 Å². The summed E-state index contributed by atoms with van der Waals surface area (Å²) >= 11 is 0. The number of rotatable bonds is 3. The van der Waals surface area contributed by atoms with Crippen molar-refractivity contribution in [2.75, 3.05) is 20.2 Å². The molecule has 0 atom stereocenters. The van der Waals surface area contributed by atoms with Crippen LogP contribution in [-0.4, -0.2) is 25.2 Å². The van der Waals surface area contributed by atoms with Crippen molar-refractivity contribution in [3.05, 3.63) is 23.4 Å². The molecule has 0 spiro atoms. The summed E-state index contributed by atoms with van der Waals surface area (Å²) in [6.07, 6.45) is -1.81. The van der Waals surface area contributed by atoms with Crippen molar-refractivity contribution in [1.29, 1.82) is 0 Å². The summed E-state index contributed by atoms with van der Waals surface area (Å²) in [6.45, 7) is 1.86. The third kappa shape index (κ3) is 5.74. The standard InChI is InChI=1S/C13H17F3N2O.CH4.H2S/c1-19-12-8-10(6-9-2-4-17-5-3-9)7-11(18-12)13(14,15)16;;/h7-9,17H,2-6H2,1H3;1H4;1H2. The fourth-order valence-electron chi connectivity index (χ4n) is 2.35. The number of piperidine rings is 1. The Labute approximate surface area is 130 Å². The smallest absolute Gasteiger partial charge is 0.433 e. The molecule has 2 heterocycles. The largest absolute Gasteiger partial charge is 0.481 e. The average molecular weight is 324 g/mol. The minimum absolute atomic E-state index is 0. The second-order valence-electron chi connectivity index (χ2n) is 4.80. The van der Waals surface area contributed by atoms with Gasteiger partial charge in [-0.05, 0) is 49.9 Å². The molecule has 0 aromatic carbocycles. The fourth-order valence-corrected chi connectivity index (χ4v) is 2.35. The number of alkyl halides is 3. The molecule has 0 aliphatic carbocycles. The van der Waals surface area contributed by atoms with Crippen LogP contribution >= 0.6 is 13.5 Å². The van der Waals surface area contributed by atoms with Crippen LogP contribution in [0.2, 0.25) is 0 Å². The Kier molecular flexibility index (Phi) is 8.10. The van der Waals surface area contributed by atoms with Crippen LogP contribution < -0.4 is 10.1 Å². The first-order valence-electron chi connectivity index (χ1n) is 6.32. The lowest BCUT2D eigenvalue weighted by Gasteiger charge is -2.23. The summed E-state index contributed by atoms with van der Waals surface area (Å²) < 4.78 is 43.1. The van der Waals surface area contributed by atoms with Gasteiger partial charge in [0.2, 0.25) is 5.88 Å². The number of nitrogens with zero attached hydrogens (tertiary/aromatic N) is 1. The van der Waals surface area contributed by atoms with Crippen molar-refractivity contribution in [2.24, 2.45) is 5.92 Å². The summed E-state index contributed by atoms with van der Waals surface area (Å²) in [7, 11) is 1.33. The highest BCUT2D eigenvalue weighted by atomic mass is 32.1. The highest BCUT2D eigenvalue weighted by Gasteiger charge is 2.33. The number of hydrogen-bond donors (Lipinski definition) is 1. The molecule has 0 bridgehead atoms. The Bertz CT molecular complexity index is 435. The lowest BCUT2D eigenvalue weighted by Crippen LogP contribution is -2.28. The molecule has 1 aliphatic rings. The molecule has 1 fully saturated rings. The van der Waals surface area contributed by atoms with Crippen molar-refractivity contribution < 1.29 is 17.9 Å². The van der Waals surface area contributed by atoms with Gasteiger partial charge >= 0.3 is 6.18 Å². The van der Waals surface area contributed by atoms with Crippen LogP contribution in [0, 0.1) is 5.92 Å². The van der Waals surface area contributed by atoms with Gasteiger partial charge in [0.25, 0.3) is 0 Å². The van der Waals surface area contributed by atoms with Gasteiger partial charge in [-0.2, -0.15) is 26.7 Å². The molecule has 1 N–H and O–H groups in total. The second kappa shape index (κ2) is 8.48. The number of nitrogens with one attached hydrogen (secondary N) is 1. The van der Waals surface area contributed by atoms with Crippen LogP contribution in [0.3, 0.4) is 0 Å². The maximum absolute atomic E-state index is 12.7. The Morgan fingerprint density at radius 2 is 1.90 bits per heavy atom. The van der Waals surface area contributed by atoms with E-state index >= 15 is 0 Å². The van der Waals surface area contributed by atoms with Crippen LogP contribution in [-0.2, 0) is 12.6 Å². The SMILES string of the molecule is C.COc1cc(CC2CCNCC2)cc(C(F)(F)F)n1.S. The summed E-state index contributed by atoms with van der Waals surface area (Å²) in [5.41, 5.74) is -0.234. The molecule has 0 unspecified atom stereocenters. The predicted octanol–water partition coefficient (Wildman–Crippen LogP) is 3.40. The quantitative estimate of drug-likeness (QED) is 0.925. The van der Waals surface area contributed by atoms with Gasteiger partial charge in [0.15, 0.2) is 0 Å². The van der Waals surface area contributed by atoms with Crippen LogP contribution in [0.5, 0.6) is 5.88 Å². The molecule has 122 valence electrons. The van der Waals surface area contributed by atoms with E-state index in [-0.39, 0.29) is 26.8 Å². The monoisotopic (exact) mass is 324 g/mol. The van der Waals surface area contributed by atoms with E-state index in [9.17, 15) is 13.2 Å². The zero-order valence-electron chi connectivity index (χ0n) is 11.3. The van der Waals surface area contributed by atoms with Crippen LogP contribution in [0.4, 0.5) is 13.2 Å². The number of hydrogen-bond acceptors (Lipinski definition) is 3. The number of ether oxygens (including phenoxy) is 1. The highest BCUT2D eigenvalue weighted by Crippen LogP contribution is 2.31. The molecule has 1 aliphatic heterocycles. The lowest BCUT2D eigenvalue weighted by atomic mass is 9.91. The Morgan fingerprint density at radius 3 is 2.43 bits per heavy atom. The maximum Gasteiger partial charge on any atom is 0.433 e. The molecule has 0 saturated carbocycles. The average Bonchev–Trinajstić information content (AvgIpc) is 2.38. The molecule has 7 heteroatoms. The molecule has 1 aromatic rings. The fraction of sp³-hybridized carbons (Fsp3) is 0.643. The van der Waals surface area contributed by atoms with Crippen molar-refractivity contribution >= 4 is 13.5 Å². The summed E-state index contributed by atoms with van der Waals surface area (Å²) in [4.78, 5) is 3.46. The van der Waals surface area contributed by atoms with Crippen molar-refractivity contribution in [1.82, 2.24) is 10.3 Å². The minimum atomic E-state index is -4.43. The Hall–Kier alpha value is -0.950. The van der Waals surface area contributed by atoms with Gasteiger partial charge in [-0.25, -0.2) is 4.98 Å². The van der Waals surface area contributed by atoms with Crippen LogP contribution in [0.1, 0.15) is 31.5 Å². The van der Waals surface area contributed by atoms with Gasteiger partial charge in [-0.3, -0.25) is 0 Å². The molecule has 2 rings (SSSR count). The minimum Gasteiger partial charge on any atom is -0.481 e. The Balaban J connectivity index is 0.00000200. The first-order chi connectivity index (χ1) is 8.99. The summed E-state index contributed by atoms with van der Waals surface area (Å²) in [5, 5.41) is 3.24.